The molecule has 150 valence electrons. The van der Waals surface area contributed by atoms with Gasteiger partial charge in [-0.05, 0) is 49.2 Å². The van der Waals surface area contributed by atoms with Crippen LogP contribution in [0.3, 0.4) is 0 Å². The summed E-state index contributed by atoms with van der Waals surface area (Å²) in [5.74, 6) is -3.57. The number of piperidine rings is 1. The van der Waals surface area contributed by atoms with Crippen LogP contribution in [0.5, 0.6) is 0 Å². The Kier molecular flexibility index (Phi) is 5.97. The smallest absolute Gasteiger partial charge is 0.246 e. The van der Waals surface area contributed by atoms with E-state index in [-0.39, 0.29) is 36.6 Å². The first-order valence-electron chi connectivity index (χ1n) is 8.39. The molecular formula is C18H16ClF3N2O3S. The zero-order valence-electron chi connectivity index (χ0n) is 14.5. The van der Waals surface area contributed by atoms with Crippen molar-refractivity contribution < 1.29 is 26.4 Å². The molecule has 0 aromatic heterocycles. The Morgan fingerprint density at radius 1 is 1.04 bits per heavy atom. The third kappa shape index (κ3) is 4.31. The number of sulfonamides is 1. The number of anilines is 1. The Labute approximate surface area is 165 Å². The van der Waals surface area contributed by atoms with Crippen LogP contribution in [-0.4, -0.2) is 31.7 Å². The number of nitrogens with zero attached hydrogens (tertiary/aromatic N) is 1. The van der Waals surface area contributed by atoms with E-state index in [9.17, 15) is 26.4 Å². The Morgan fingerprint density at radius 3 is 2.36 bits per heavy atom. The average molecular weight is 433 g/mol. The molecule has 0 bridgehead atoms. The standard InChI is InChI=1S/C18H16ClF3N2O3S/c19-12-1-4-16(15(22)9-12)23-18(25)11-5-7-24(8-6-11)28(26,27)17-10-13(20)2-3-14(17)21/h1-4,9-11H,5-8H2,(H,23,25). The highest BCUT2D eigenvalue weighted by molar-refractivity contribution is 7.89. The summed E-state index contributed by atoms with van der Waals surface area (Å²) in [7, 11) is -4.22. The van der Waals surface area contributed by atoms with Gasteiger partial charge in [-0.25, -0.2) is 21.6 Å². The molecule has 1 N–H and O–H groups in total. The lowest BCUT2D eigenvalue weighted by molar-refractivity contribution is -0.120. The van der Waals surface area contributed by atoms with Crippen LogP contribution < -0.4 is 5.32 Å². The SMILES string of the molecule is O=C(Nc1ccc(Cl)cc1F)C1CCN(S(=O)(=O)c2cc(F)ccc2F)CC1. The van der Waals surface area contributed by atoms with E-state index in [1.54, 1.807) is 0 Å². The summed E-state index contributed by atoms with van der Waals surface area (Å²) in [5, 5.41) is 2.65. The molecule has 1 heterocycles. The number of rotatable bonds is 4. The van der Waals surface area contributed by atoms with Crippen molar-refractivity contribution >= 4 is 33.2 Å². The first-order valence-corrected chi connectivity index (χ1v) is 10.2. The van der Waals surface area contributed by atoms with Crippen LogP contribution in [0.15, 0.2) is 41.3 Å². The Hall–Kier alpha value is -2.10. The van der Waals surface area contributed by atoms with Gasteiger partial charge in [0.25, 0.3) is 0 Å². The summed E-state index contributed by atoms with van der Waals surface area (Å²) in [5.41, 5.74) is -0.0220. The van der Waals surface area contributed by atoms with Crippen molar-refractivity contribution in [3.05, 3.63) is 58.9 Å². The summed E-state index contributed by atoms with van der Waals surface area (Å²) in [4.78, 5) is 11.6. The highest BCUT2D eigenvalue weighted by Crippen LogP contribution is 2.27. The van der Waals surface area contributed by atoms with E-state index in [4.69, 9.17) is 11.6 Å². The highest BCUT2D eigenvalue weighted by atomic mass is 35.5. The van der Waals surface area contributed by atoms with Gasteiger partial charge >= 0.3 is 0 Å². The number of hydrogen-bond acceptors (Lipinski definition) is 3. The van der Waals surface area contributed by atoms with E-state index in [1.165, 1.54) is 12.1 Å². The van der Waals surface area contributed by atoms with Gasteiger partial charge in [-0.15, -0.1) is 0 Å². The number of nitrogens with one attached hydrogen (secondary N) is 1. The molecule has 1 fully saturated rings. The molecular weight excluding hydrogens is 417 g/mol. The van der Waals surface area contributed by atoms with Crippen molar-refractivity contribution in [1.29, 1.82) is 0 Å². The molecule has 10 heteroatoms. The minimum absolute atomic E-state index is 0.0220. The lowest BCUT2D eigenvalue weighted by Gasteiger charge is -2.30. The normalized spacial score (nSPS) is 16.1. The predicted octanol–water partition coefficient (Wildman–Crippen LogP) is 3.80. The van der Waals surface area contributed by atoms with E-state index in [0.29, 0.717) is 6.07 Å². The fraction of sp³-hybridized carbons (Fsp3) is 0.278. The molecule has 0 unspecified atom stereocenters. The number of amides is 1. The van der Waals surface area contributed by atoms with Crippen molar-refractivity contribution in [2.75, 3.05) is 18.4 Å². The van der Waals surface area contributed by atoms with Gasteiger partial charge in [0.05, 0.1) is 5.69 Å². The molecule has 1 amide bonds. The Bertz CT molecular complexity index is 1010. The lowest BCUT2D eigenvalue weighted by Crippen LogP contribution is -2.41. The fourth-order valence-electron chi connectivity index (χ4n) is 3.00. The first-order chi connectivity index (χ1) is 13.2. The third-order valence-electron chi connectivity index (χ3n) is 4.52. The lowest BCUT2D eigenvalue weighted by atomic mass is 9.97. The maximum Gasteiger partial charge on any atom is 0.246 e. The number of hydrogen-bond donors (Lipinski definition) is 1. The summed E-state index contributed by atoms with van der Waals surface area (Å²) < 4.78 is 67.1. The number of benzene rings is 2. The second kappa shape index (κ2) is 8.10. The molecule has 2 aromatic carbocycles. The van der Waals surface area contributed by atoms with Gasteiger partial charge in [-0.2, -0.15) is 4.31 Å². The van der Waals surface area contributed by atoms with E-state index >= 15 is 0 Å². The minimum atomic E-state index is -4.22. The molecule has 1 aliphatic heterocycles. The Morgan fingerprint density at radius 2 is 1.71 bits per heavy atom. The van der Waals surface area contributed by atoms with Crippen molar-refractivity contribution in [2.24, 2.45) is 5.92 Å². The van der Waals surface area contributed by atoms with Crippen LogP contribution >= 0.6 is 11.6 Å². The van der Waals surface area contributed by atoms with Gasteiger partial charge in [-0.3, -0.25) is 4.79 Å². The molecule has 0 aliphatic carbocycles. The molecule has 3 rings (SSSR count). The van der Waals surface area contributed by atoms with Crippen molar-refractivity contribution in [3.8, 4) is 0 Å². The third-order valence-corrected chi connectivity index (χ3v) is 6.67. The van der Waals surface area contributed by atoms with Gasteiger partial charge in [0.15, 0.2) is 0 Å². The monoisotopic (exact) mass is 432 g/mol. The van der Waals surface area contributed by atoms with Crippen LogP contribution in [0.4, 0.5) is 18.9 Å². The van der Waals surface area contributed by atoms with Crippen LogP contribution in [0, 0.1) is 23.4 Å². The second-order valence-electron chi connectivity index (χ2n) is 6.37. The van der Waals surface area contributed by atoms with Crippen molar-refractivity contribution in [3.63, 3.8) is 0 Å². The molecule has 28 heavy (non-hydrogen) atoms. The topological polar surface area (TPSA) is 66.5 Å². The summed E-state index contributed by atoms with van der Waals surface area (Å²) >= 11 is 5.67. The zero-order valence-corrected chi connectivity index (χ0v) is 16.0. The molecule has 0 saturated carbocycles. The summed E-state index contributed by atoms with van der Waals surface area (Å²) in [6.07, 6.45) is 0.328. The van der Waals surface area contributed by atoms with Crippen LogP contribution in [0.25, 0.3) is 0 Å². The fourth-order valence-corrected chi connectivity index (χ4v) is 4.70. The summed E-state index contributed by atoms with van der Waals surface area (Å²) in [6.45, 7) is -0.0844. The quantitative estimate of drug-likeness (QED) is 0.799. The highest BCUT2D eigenvalue weighted by Gasteiger charge is 2.34. The van der Waals surface area contributed by atoms with Gasteiger partial charge in [0.2, 0.25) is 15.9 Å². The molecule has 1 saturated heterocycles. The maximum absolute atomic E-state index is 13.9. The largest absolute Gasteiger partial charge is 0.323 e. The van der Waals surface area contributed by atoms with Crippen molar-refractivity contribution in [2.45, 2.75) is 17.7 Å². The maximum atomic E-state index is 13.9. The Balaban J connectivity index is 1.66. The van der Waals surface area contributed by atoms with Gasteiger partial charge in [0, 0.05) is 24.0 Å². The second-order valence-corrected chi connectivity index (χ2v) is 8.71. The van der Waals surface area contributed by atoms with E-state index < -0.39 is 44.2 Å². The van der Waals surface area contributed by atoms with Crippen LogP contribution in [-0.2, 0) is 14.8 Å². The minimum Gasteiger partial charge on any atom is -0.323 e. The molecule has 1 aliphatic rings. The number of carbonyl (C=O) groups excluding carboxylic acids is 1. The average Bonchev–Trinajstić information content (AvgIpc) is 2.66. The van der Waals surface area contributed by atoms with Crippen LogP contribution in [0.2, 0.25) is 5.02 Å². The van der Waals surface area contributed by atoms with Crippen molar-refractivity contribution in [1.82, 2.24) is 4.31 Å². The zero-order chi connectivity index (χ0) is 20.5. The number of halogens is 4. The molecule has 5 nitrogen and oxygen atoms in total. The number of carbonyl (C=O) groups is 1. The summed E-state index contributed by atoms with van der Waals surface area (Å²) in [6, 6.07) is 6.06. The molecule has 0 radical (unpaired) electrons. The van der Waals surface area contributed by atoms with E-state index in [1.807, 2.05) is 0 Å². The molecule has 0 spiro atoms. The van der Waals surface area contributed by atoms with Crippen LogP contribution in [0.1, 0.15) is 12.8 Å². The van der Waals surface area contributed by atoms with Gasteiger partial charge in [0.1, 0.15) is 22.3 Å². The molecule has 2 aromatic rings. The van der Waals surface area contributed by atoms with E-state index in [2.05, 4.69) is 5.32 Å². The predicted molar refractivity (Wildman–Crippen MR) is 97.9 cm³/mol. The van der Waals surface area contributed by atoms with Gasteiger partial charge < -0.3 is 5.32 Å². The van der Waals surface area contributed by atoms with Gasteiger partial charge in [-0.1, -0.05) is 11.6 Å². The first kappa shape index (κ1) is 20.6. The molecule has 0 atom stereocenters. The van der Waals surface area contributed by atoms with E-state index in [0.717, 1.165) is 22.5 Å².